The zero-order chi connectivity index (χ0) is 13.0. The third-order valence-corrected chi connectivity index (χ3v) is 2.34. The summed E-state index contributed by atoms with van der Waals surface area (Å²) in [5, 5.41) is 12.4. The van der Waals surface area contributed by atoms with E-state index < -0.39 is 6.10 Å². The predicted octanol–water partition coefficient (Wildman–Crippen LogP) is -0.178. The minimum atomic E-state index is -0.445. The second-order valence-corrected chi connectivity index (χ2v) is 3.73. The summed E-state index contributed by atoms with van der Waals surface area (Å²) in [6, 6.07) is 0. The number of aliphatic hydroxyl groups excluding tert-OH is 1. The van der Waals surface area contributed by atoms with Gasteiger partial charge in [0.1, 0.15) is 6.33 Å². The van der Waals surface area contributed by atoms with Crippen LogP contribution in [-0.4, -0.2) is 42.3 Å². The molecular weight excluding hydrogens is 234 g/mol. The van der Waals surface area contributed by atoms with Crippen molar-refractivity contribution in [3.05, 3.63) is 18.7 Å². The molecule has 8 heteroatoms. The quantitative estimate of drug-likeness (QED) is 0.673. The number of imidazole rings is 1. The summed E-state index contributed by atoms with van der Waals surface area (Å²) >= 11 is 0. The average molecular weight is 249 g/mol. The van der Waals surface area contributed by atoms with E-state index in [1.54, 1.807) is 23.3 Å². The molecule has 2 aromatic heterocycles. The third kappa shape index (κ3) is 2.92. The van der Waals surface area contributed by atoms with E-state index in [4.69, 9.17) is 5.73 Å². The van der Waals surface area contributed by atoms with Crippen LogP contribution in [0, 0.1) is 0 Å². The smallest absolute Gasteiger partial charge is 0.241 e. The van der Waals surface area contributed by atoms with Crippen LogP contribution in [0.2, 0.25) is 0 Å². The Morgan fingerprint density at radius 1 is 1.44 bits per heavy atom. The third-order valence-electron chi connectivity index (χ3n) is 2.34. The highest BCUT2D eigenvalue weighted by Crippen LogP contribution is 2.07. The summed E-state index contributed by atoms with van der Waals surface area (Å²) in [7, 11) is 0. The second-order valence-electron chi connectivity index (χ2n) is 3.73. The molecule has 0 aliphatic carbocycles. The van der Waals surface area contributed by atoms with Gasteiger partial charge in [0.2, 0.25) is 17.8 Å². The molecule has 1 atom stereocenters. The van der Waals surface area contributed by atoms with Crippen molar-refractivity contribution in [2.24, 2.45) is 0 Å². The Kier molecular flexibility index (Phi) is 3.68. The van der Waals surface area contributed by atoms with E-state index in [1.165, 1.54) is 0 Å². The highest BCUT2D eigenvalue weighted by atomic mass is 16.3. The van der Waals surface area contributed by atoms with Crippen LogP contribution in [0.3, 0.4) is 0 Å². The number of nitrogens with one attached hydrogen (secondary N) is 1. The molecule has 0 amide bonds. The number of aliphatic hydroxyl groups is 1. The lowest BCUT2D eigenvalue weighted by molar-refractivity contribution is 0.183. The first kappa shape index (κ1) is 12.2. The van der Waals surface area contributed by atoms with Crippen molar-refractivity contribution in [1.82, 2.24) is 24.5 Å². The minimum Gasteiger partial charge on any atom is -0.391 e. The van der Waals surface area contributed by atoms with E-state index in [1.807, 2.05) is 6.92 Å². The van der Waals surface area contributed by atoms with Crippen LogP contribution in [-0.2, 0) is 0 Å². The number of nitrogens with two attached hydrogens (primary N) is 1. The maximum absolute atomic E-state index is 9.46. The Morgan fingerprint density at radius 2 is 2.28 bits per heavy atom. The van der Waals surface area contributed by atoms with Gasteiger partial charge in [-0.2, -0.15) is 15.0 Å². The Labute approximate surface area is 104 Å². The molecule has 0 aromatic carbocycles. The zero-order valence-electron chi connectivity index (χ0n) is 9.98. The van der Waals surface area contributed by atoms with Gasteiger partial charge in [0.05, 0.1) is 6.10 Å². The lowest BCUT2D eigenvalue weighted by Gasteiger charge is -2.10. The highest BCUT2D eigenvalue weighted by Gasteiger charge is 2.07. The van der Waals surface area contributed by atoms with Crippen LogP contribution in [0.1, 0.15) is 13.3 Å². The van der Waals surface area contributed by atoms with Crippen molar-refractivity contribution in [3.63, 3.8) is 0 Å². The second kappa shape index (κ2) is 5.41. The largest absolute Gasteiger partial charge is 0.391 e. The maximum Gasteiger partial charge on any atom is 0.241 e. The molecule has 0 fully saturated rings. The molecule has 2 heterocycles. The van der Waals surface area contributed by atoms with Crippen LogP contribution in [0.5, 0.6) is 0 Å². The van der Waals surface area contributed by atoms with Gasteiger partial charge in [-0.1, -0.05) is 6.92 Å². The van der Waals surface area contributed by atoms with Crippen molar-refractivity contribution >= 4 is 11.9 Å². The summed E-state index contributed by atoms with van der Waals surface area (Å²) in [6.45, 7) is 2.26. The molecule has 8 nitrogen and oxygen atoms in total. The van der Waals surface area contributed by atoms with E-state index in [9.17, 15) is 5.11 Å². The van der Waals surface area contributed by atoms with Crippen LogP contribution in [0.15, 0.2) is 18.7 Å². The molecule has 0 saturated carbocycles. The molecule has 4 N–H and O–H groups in total. The first-order valence-corrected chi connectivity index (χ1v) is 5.61. The number of hydrogen-bond acceptors (Lipinski definition) is 7. The SMILES string of the molecule is CCC(O)CNc1nc(N)nc(-n2ccnc2)n1. The van der Waals surface area contributed by atoms with E-state index in [0.29, 0.717) is 24.9 Å². The number of anilines is 2. The summed E-state index contributed by atoms with van der Waals surface area (Å²) in [5.41, 5.74) is 5.61. The Morgan fingerprint density at radius 3 is 2.94 bits per heavy atom. The molecule has 0 aliphatic heterocycles. The van der Waals surface area contributed by atoms with Crippen molar-refractivity contribution in [2.75, 3.05) is 17.6 Å². The molecule has 1 unspecified atom stereocenters. The molecule has 2 rings (SSSR count). The fraction of sp³-hybridized carbons (Fsp3) is 0.400. The van der Waals surface area contributed by atoms with Gasteiger partial charge in [0.25, 0.3) is 0 Å². The monoisotopic (exact) mass is 249 g/mol. The number of rotatable bonds is 5. The lowest BCUT2D eigenvalue weighted by Crippen LogP contribution is -2.20. The topological polar surface area (TPSA) is 115 Å². The summed E-state index contributed by atoms with van der Waals surface area (Å²) in [5.74, 6) is 0.828. The van der Waals surface area contributed by atoms with Crippen LogP contribution < -0.4 is 11.1 Å². The Balaban J connectivity index is 2.17. The number of nitrogen functional groups attached to an aromatic ring is 1. The Hall–Kier alpha value is -2.22. The molecule has 0 bridgehead atoms. The molecule has 0 spiro atoms. The van der Waals surface area contributed by atoms with Gasteiger partial charge in [-0.25, -0.2) is 4.98 Å². The number of nitrogens with zero attached hydrogens (tertiary/aromatic N) is 5. The standard InChI is InChI=1S/C10H15N7O/c1-2-7(18)5-13-9-14-8(11)15-10(16-9)17-4-3-12-6-17/h3-4,6-7,18H,2,5H2,1H3,(H3,11,13,14,15,16). The van der Waals surface area contributed by atoms with Crippen molar-refractivity contribution < 1.29 is 5.11 Å². The van der Waals surface area contributed by atoms with Gasteiger partial charge in [0, 0.05) is 18.9 Å². The van der Waals surface area contributed by atoms with E-state index >= 15 is 0 Å². The van der Waals surface area contributed by atoms with E-state index in [-0.39, 0.29) is 5.95 Å². The molecule has 96 valence electrons. The summed E-state index contributed by atoms with van der Waals surface area (Å²) in [6.07, 6.45) is 5.11. The maximum atomic E-state index is 9.46. The minimum absolute atomic E-state index is 0.113. The molecule has 0 saturated heterocycles. The molecular formula is C10H15N7O. The van der Waals surface area contributed by atoms with Crippen LogP contribution in [0.25, 0.3) is 5.95 Å². The first-order valence-electron chi connectivity index (χ1n) is 5.61. The fourth-order valence-electron chi connectivity index (χ4n) is 1.31. The van der Waals surface area contributed by atoms with E-state index in [2.05, 4.69) is 25.3 Å². The highest BCUT2D eigenvalue weighted by molar-refractivity contribution is 5.35. The normalized spacial score (nSPS) is 12.3. The van der Waals surface area contributed by atoms with Gasteiger partial charge >= 0.3 is 0 Å². The van der Waals surface area contributed by atoms with Crippen molar-refractivity contribution in [1.29, 1.82) is 0 Å². The zero-order valence-corrected chi connectivity index (χ0v) is 9.98. The summed E-state index contributed by atoms with van der Waals surface area (Å²) < 4.78 is 1.62. The van der Waals surface area contributed by atoms with Gasteiger partial charge in [-0.15, -0.1) is 0 Å². The lowest BCUT2D eigenvalue weighted by atomic mass is 10.3. The van der Waals surface area contributed by atoms with Gasteiger partial charge in [0.15, 0.2) is 0 Å². The van der Waals surface area contributed by atoms with Crippen molar-refractivity contribution in [3.8, 4) is 5.95 Å². The van der Waals surface area contributed by atoms with Crippen LogP contribution >= 0.6 is 0 Å². The summed E-state index contributed by atoms with van der Waals surface area (Å²) in [4.78, 5) is 16.0. The number of hydrogen-bond donors (Lipinski definition) is 3. The molecule has 0 radical (unpaired) electrons. The molecule has 0 aliphatic rings. The van der Waals surface area contributed by atoms with E-state index in [0.717, 1.165) is 0 Å². The van der Waals surface area contributed by atoms with Crippen molar-refractivity contribution in [2.45, 2.75) is 19.4 Å². The van der Waals surface area contributed by atoms with Gasteiger partial charge in [-0.05, 0) is 6.42 Å². The van der Waals surface area contributed by atoms with Gasteiger partial charge in [-0.3, -0.25) is 4.57 Å². The number of aromatic nitrogens is 5. The first-order chi connectivity index (χ1) is 8.69. The fourth-order valence-corrected chi connectivity index (χ4v) is 1.31. The Bertz CT molecular complexity index is 499. The van der Waals surface area contributed by atoms with Crippen LogP contribution in [0.4, 0.5) is 11.9 Å². The van der Waals surface area contributed by atoms with Gasteiger partial charge < -0.3 is 16.2 Å². The molecule has 18 heavy (non-hydrogen) atoms. The predicted molar refractivity (Wildman–Crippen MR) is 66.1 cm³/mol. The molecule has 2 aromatic rings. The average Bonchev–Trinajstić information content (AvgIpc) is 2.89.